The summed E-state index contributed by atoms with van der Waals surface area (Å²) in [4.78, 5) is 27.7. The summed E-state index contributed by atoms with van der Waals surface area (Å²) < 4.78 is 16.4. The monoisotopic (exact) mass is 433 g/mol. The van der Waals surface area contributed by atoms with Crippen LogP contribution in [0.3, 0.4) is 0 Å². The first-order valence-corrected chi connectivity index (χ1v) is 10.0. The highest BCUT2D eigenvalue weighted by molar-refractivity contribution is 6.51. The van der Waals surface area contributed by atoms with Crippen molar-refractivity contribution in [2.24, 2.45) is 0 Å². The minimum atomic E-state index is -0.942. The van der Waals surface area contributed by atoms with E-state index in [0.29, 0.717) is 34.3 Å². The highest BCUT2D eigenvalue weighted by Crippen LogP contribution is 2.44. The minimum Gasteiger partial charge on any atom is -0.507 e. The number of nitrogens with zero attached hydrogens (tertiary/aromatic N) is 1. The molecule has 1 atom stereocenters. The lowest BCUT2D eigenvalue weighted by atomic mass is 9.97. The van der Waals surface area contributed by atoms with Gasteiger partial charge in [-0.1, -0.05) is 11.6 Å². The normalized spacial score (nSPS) is 17.6. The minimum absolute atomic E-state index is 0.0657. The fourth-order valence-corrected chi connectivity index (χ4v) is 3.86. The summed E-state index contributed by atoms with van der Waals surface area (Å²) in [7, 11) is 3.02. The van der Waals surface area contributed by atoms with Gasteiger partial charge >= 0.3 is 0 Å². The van der Waals surface area contributed by atoms with E-state index < -0.39 is 17.7 Å². The number of ketones is 1. The van der Waals surface area contributed by atoms with Crippen molar-refractivity contribution < 1.29 is 28.6 Å². The number of hydrogen-bond acceptors (Lipinski definition) is 6. The first-order chi connectivity index (χ1) is 15.3. The summed E-state index contributed by atoms with van der Waals surface area (Å²) in [5.74, 6) is 0.0970. The number of amides is 1. The summed E-state index contributed by atoms with van der Waals surface area (Å²) >= 11 is 0. The van der Waals surface area contributed by atoms with Gasteiger partial charge in [-0.2, -0.15) is 0 Å². The van der Waals surface area contributed by atoms with Crippen LogP contribution in [0.1, 0.15) is 28.7 Å². The second kappa shape index (κ2) is 8.26. The van der Waals surface area contributed by atoms with Crippen molar-refractivity contribution in [1.29, 1.82) is 0 Å². The summed E-state index contributed by atoms with van der Waals surface area (Å²) in [5, 5.41) is 11.3. The number of hydrogen-bond donors (Lipinski definition) is 1. The number of aliphatic hydroxyl groups excluding tert-OH is 1. The van der Waals surface area contributed by atoms with Crippen LogP contribution in [0, 0.1) is 13.8 Å². The lowest BCUT2D eigenvalue weighted by molar-refractivity contribution is -0.132. The Hall–Kier alpha value is -4.00. The van der Waals surface area contributed by atoms with E-state index >= 15 is 0 Å². The number of anilines is 1. The summed E-state index contributed by atoms with van der Waals surface area (Å²) in [6, 6.07) is 14.5. The van der Waals surface area contributed by atoms with Crippen molar-refractivity contribution in [2.45, 2.75) is 19.9 Å². The number of methoxy groups -OCH3 is 2. The number of Topliss-reactive ketones (excluding diaryl/α,β-unsaturated/α-hetero) is 1. The van der Waals surface area contributed by atoms with Crippen molar-refractivity contribution in [3.63, 3.8) is 0 Å². The molecule has 1 N–H and O–H groups in total. The van der Waals surface area contributed by atoms with Crippen LogP contribution >= 0.6 is 0 Å². The molecular formula is C25H23NO6. The standard InChI is InChI=1S/C25H23NO6/c1-14-5-11-19(31-4)18(13-14)23(27)21-22(20-12-6-15(2)32-20)26(25(29)24(21)28)16-7-9-17(30-3)10-8-16/h5-13,22,27H,1-4H3/b23-21+. The third-order valence-corrected chi connectivity index (χ3v) is 5.44. The van der Waals surface area contributed by atoms with Gasteiger partial charge in [0.2, 0.25) is 0 Å². The molecule has 164 valence electrons. The van der Waals surface area contributed by atoms with Gasteiger partial charge < -0.3 is 19.0 Å². The fourth-order valence-electron chi connectivity index (χ4n) is 3.86. The third kappa shape index (κ3) is 3.51. The van der Waals surface area contributed by atoms with E-state index in [1.165, 1.54) is 12.0 Å². The maximum atomic E-state index is 13.2. The molecule has 2 heterocycles. The zero-order valence-corrected chi connectivity index (χ0v) is 18.2. The first kappa shape index (κ1) is 21.2. The van der Waals surface area contributed by atoms with E-state index in [-0.39, 0.29) is 11.3 Å². The zero-order valence-electron chi connectivity index (χ0n) is 18.2. The second-order valence-electron chi connectivity index (χ2n) is 7.52. The summed E-state index contributed by atoms with van der Waals surface area (Å²) in [5.41, 5.74) is 1.60. The topological polar surface area (TPSA) is 89.2 Å². The average molecular weight is 433 g/mol. The second-order valence-corrected chi connectivity index (χ2v) is 7.52. The fraction of sp³-hybridized carbons (Fsp3) is 0.200. The molecule has 0 radical (unpaired) electrons. The predicted octanol–water partition coefficient (Wildman–Crippen LogP) is 4.54. The van der Waals surface area contributed by atoms with Crippen LogP contribution in [-0.2, 0) is 9.59 Å². The molecule has 0 bridgehead atoms. The van der Waals surface area contributed by atoms with Gasteiger partial charge in [0.05, 0.1) is 25.4 Å². The van der Waals surface area contributed by atoms with Gasteiger partial charge in [-0.15, -0.1) is 0 Å². The molecule has 1 aliphatic rings. The first-order valence-electron chi connectivity index (χ1n) is 10.0. The highest BCUT2D eigenvalue weighted by atomic mass is 16.5. The lowest BCUT2D eigenvalue weighted by Gasteiger charge is -2.23. The Morgan fingerprint density at radius 2 is 1.69 bits per heavy atom. The number of aryl methyl sites for hydroxylation is 2. The molecule has 1 saturated heterocycles. The SMILES string of the molecule is COc1ccc(N2C(=O)C(=O)/C(=C(/O)c3cc(C)ccc3OC)C2c2ccc(C)o2)cc1. The Morgan fingerprint density at radius 1 is 0.969 bits per heavy atom. The molecule has 3 aromatic rings. The van der Waals surface area contributed by atoms with Crippen LogP contribution < -0.4 is 14.4 Å². The maximum Gasteiger partial charge on any atom is 0.300 e. The molecule has 0 aliphatic carbocycles. The number of rotatable bonds is 5. The molecule has 32 heavy (non-hydrogen) atoms. The predicted molar refractivity (Wildman–Crippen MR) is 119 cm³/mol. The van der Waals surface area contributed by atoms with Gasteiger partial charge in [-0.3, -0.25) is 14.5 Å². The van der Waals surface area contributed by atoms with E-state index in [2.05, 4.69) is 0 Å². The van der Waals surface area contributed by atoms with E-state index in [9.17, 15) is 14.7 Å². The Balaban J connectivity index is 1.95. The van der Waals surface area contributed by atoms with Crippen LogP contribution in [0.25, 0.3) is 5.76 Å². The number of benzene rings is 2. The maximum absolute atomic E-state index is 13.2. The number of aliphatic hydroxyl groups is 1. The van der Waals surface area contributed by atoms with Gasteiger partial charge in [0.1, 0.15) is 34.8 Å². The Labute approximate surface area is 185 Å². The molecule has 1 fully saturated rings. The molecule has 7 nitrogen and oxygen atoms in total. The Bertz CT molecular complexity index is 1220. The van der Waals surface area contributed by atoms with E-state index in [0.717, 1.165) is 5.56 Å². The molecule has 1 unspecified atom stereocenters. The van der Waals surface area contributed by atoms with Gasteiger partial charge in [-0.05, 0) is 62.4 Å². The highest BCUT2D eigenvalue weighted by Gasteiger charge is 2.48. The molecule has 4 rings (SSSR count). The molecule has 0 spiro atoms. The van der Waals surface area contributed by atoms with Gasteiger partial charge in [0.15, 0.2) is 0 Å². The number of furan rings is 1. The Kier molecular flexibility index (Phi) is 5.48. The molecule has 1 aromatic heterocycles. The van der Waals surface area contributed by atoms with Crippen LogP contribution in [0.4, 0.5) is 5.69 Å². The largest absolute Gasteiger partial charge is 0.507 e. The molecule has 0 saturated carbocycles. The van der Waals surface area contributed by atoms with Crippen molar-refractivity contribution >= 4 is 23.1 Å². The van der Waals surface area contributed by atoms with E-state index in [1.54, 1.807) is 62.6 Å². The van der Waals surface area contributed by atoms with Crippen molar-refractivity contribution in [2.75, 3.05) is 19.1 Å². The van der Waals surface area contributed by atoms with Crippen LogP contribution in [0.5, 0.6) is 11.5 Å². The van der Waals surface area contributed by atoms with Crippen molar-refractivity contribution in [3.05, 3.63) is 82.8 Å². The van der Waals surface area contributed by atoms with Crippen LogP contribution in [0.15, 0.2) is 64.6 Å². The van der Waals surface area contributed by atoms with Crippen molar-refractivity contribution in [1.82, 2.24) is 0 Å². The average Bonchev–Trinajstić information content (AvgIpc) is 3.34. The smallest absolute Gasteiger partial charge is 0.300 e. The van der Waals surface area contributed by atoms with E-state index in [4.69, 9.17) is 13.9 Å². The lowest BCUT2D eigenvalue weighted by Crippen LogP contribution is -2.29. The van der Waals surface area contributed by atoms with Gasteiger partial charge in [0.25, 0.3) is 11.7 Å². The van der Waals surface area contributed by atoms with E-state index in [1.807, 2.05) is 13.0 Å². The molecule has 2 aromatic carbocycles. The Morgan fingerprint density at radius 3 is 2.28 bits per heavy atom. The number of carbonyl (C=O) groups is 2. The van der Waals surface area contributed by atoms with Crippen LogP contribution in [0.2, 0.25) is 0 Å². The number of ether oxygens (including phenoxy) is 2. The number of carbonyl (C=O) groups excluding carboxylic acids is 2. The molecular weight excluding hydrogens is 410 g/mol. The molecule has 1 aliphatic heterocycles. The quantitative estimate of drug-likeness (QED) is 0.361. The molecule has 1 amide bonds. The third-order valence-electron chi connectivity index (χ3n) is 5.44. The summed E-state index contributed by atoms with van der Waals surface area (Å²) in [6.07, 6.45) is 0. The van der Waals surface area contributed by atoms with Crippen LogP contribution in [-0.4, -0.2) is 31.0 Å². The van der Waals surface area contributed by atoms with Gasteiger partial charge in [-0.25, -0.2) is 0 Å². The zero-order chi connectivity index (χ0) is 23.0. The summed E-state index contributed by atoms with van der Waals surface area (Å²) in [6.45, 7) is 3.63. The van der Waals surface area contributed by atoms with Gasteiger partial charge in [0, 0.05) is 5.69 Å². The molecule has 7 heteroatoms. The van der Waals surface area contributed by atoms with Crippen molar-refractivity contribution in [3.8, 4) is 11.5 Å².